The number of nitro groups is 2. The topological polar surface area (TPSA) is 600 Å². The molecule has 0 aromatic heterocycles. The Bertz CT molecular complexity index is 5100. The van der Waals surface area contributed by atoms with Gasteiger partial charge in [-0.05, 0) is 178 Å². The largest absolute Gasteiger partial charge is 1.00 e. The van der Waals surface area contributed by atoms with Gasteiger partial charge in [-0.3, -0.25) is 54.5 Å². The van der Waals surface area contributed by atoms with E-state index < -0.39 is 105 Å². The van der Waals surface area contributed by atoms with Gasteiger partial charge in [0.25, 0.3) is 21.2 Å². The summed E-state index contributed by atoms with van der Waals surface area (Å²) in [6.07, 6.45) is 26.2. The van der Waals surface area contributed by atoms with Crippen molar-refractivity contribution in [2.24, 2.45) is 50.6 Å². The number of hydrogen-bond donors (Lipinski definition) is 9. The predicted octanol–water partition coefficient (Wildman–Crippen LogP) is -2.08. The summed E-state index contributed by atoms with van der Waals surface area (Å²) >= 11 is 0. The maximum atomic E-state index is 14.1. The fourth-order valence-corrected chi connectivity index (χ4v) is 11.5. The molecule has 0 atom stereocenters. The zero-order valence-corrected chi connectivity index (χ0v) is 66.3. The normalized spacial score (nSPS) is 16.1. The van der Waals surface area contributed by atoms with Crippen LogP contribution < -0.4 is 129 Å². The molecule has 47 heteroatoms. The number of nitrogens with zero attached hydrogens (tertiary/aromatic N) is 17. The summed E-state index contributed by atoms with van der Waals surface area (Å²) in [6, 6.07) is 11.5. The van der Waals surface area contributed by atoms with Gasteiger partial charge in [0.05, 0.1) is 66.9 Å². The van der Waals surface area contributed by atoms with Crippen molar-refractivity contribution in [1.29, 1.82) is 0 Å². The molecule has 9 N–H and O–H groups in total. The average molecular weight is 1570 g/mol. The summed E-state index contributed by atoms with van der Waals surface area (Å²) in [7, 11) is -19.5. The molecule has 6 aliphatic rings. The second-order valence-electron chi connectivity index (χ2n) is 20.7. The van der Waals surface area contributed by atoms with Crippen LogP contribution in [0.3, 0.4) is 0 Å². The van der Waals surface area contributed by atoms with Gasteiger partial charge in [-0.15, -0.1) is 38.2 Å². The average Bonchev–Trinajstić information content (AvgIpc) is 0.832. The molecule has 107 heavy (non-hydrogen) atoms. The Morgan fingerprint density at radius 1 is 0.421 bits per heavy atom. The fourth-order valence-electron chi connectivity index (χ4n) is 8.84. The van der Waals surface area contributed by atoms with Crippen LogP contribution in [0, 0.1) is 25.4 Å². The van der Waals surface area contributed by atoms with Crippen LogP contribution in [0.15, 0.2) is 287 Å². The Hall–Kier alpha value is -8.60. The first-order valence-electron chi connectivity index (χ1n) is 28.1. The third-order valence-electron chi connectivity index (χ3n) is 13.6. The number of aliphatic imine (C=N–C) groups is 4. The molecular weight excluding hydrogens is 1530 g/mol. The summed E-state index contributed by atoms with van der Waals surface area (Å²) in [6.45, 7) is 0. The molecule has 10 rings (SSSR count). The van der Waals surface area contributed by atoms with Crippen LogP contribution in [-0.4, -0.2) is 138 Å². The second kappa shape index (κ2) is 37.0. The SMILES string of the molecule is O=C1C=C([N-]C2=CC(=O)C(=NN=C3C=CC(=Nc4ccc(N(O)O)cc4[S+](=O)(O)O)C=C3)C=C2[N-]N=C2C=CC(=Nc3ccc([N+](=O)[O-])c(S(=O)(=O)O)c3)C=C2)C([N-]N=C2C=CC(=Nc3ccc([N+](=O)[O-])c(S(=O)(=O)O)c3)C=C2)=CC1=NN=C1C=CC(=Nc2ccc(N([O-])O)cc2[S+](=O)(O)O)C=C1.[Na+].[Na+].[Na+].[Na+]. The molecule has 0 fully saturated rings. The number of rotatable bonds is 20. The van der Waals surface area contributed by atoms with Crippen molar-refractivity contribution in [2.75, 3.05) is 10.5 Å². The van der Waals surface area contributed by atoms with Crippen molar-refractivity contribution >= 4 is 155 Å². The molecule has 524 valence electrons. The molecule has 0 saturated carbocycles. The fraction of sp³-hybridized carbons (Fsp3) is 0. The van der Waals surface area contributed by atoms with Crippen LogP contribution in [0.25, 0.3) is 16.2 Å². The molecule has 0 heterocycles. The van der Waals surface area contributed by atoms with Gasteiger partial charge in [-0.25, -0.2) is 20.0 Å². The maximum absolute atomic E-state index is 14.1. The molecule has 39 nitrogen and oxygen atoms in total. The molecule has 0 aliphatic heterocycles. The minimum Gasteiger partial charge on any atom is -0.733 e. The van der Waals surface area contributed by atoms with Crippen LogP contribution >= 0.6 is 0 Å². The number of allylic oxidation sites excluding steroid dienone is 20. The van der Waals surface area contributed by atoms with Crippen molar-refractivity contribution in [1.82, 2.24) is 0 Å². The molecule has 0 unspecified atom stereocenters. The Labute approximate surface area is 693 Å². The third kappa shape index (κ3) is 23.2. The second-order valence-corrected chi connectivity index (χ2v) is 26.3. The van der Waals surface area contributed by atoms with E-state index in [1.165, 1.54) is 97.2 Å². The molecule has 0 amide bonds. The van der Waals surface area contributed by atoms with Crippen LogP contribution in [0.1, 0.15) is 0 Å². The summed E-state index contributed by atoms with van der Waals surface area (Å²) in [4.78, 5) is 62.7. The van der Waals surface area contributed by atoms with Gasteiger partial charge in [0.2, 0.25) is 11.6 Å². The van der Waals surface area contributed by atoms with Crippen molar-refractivity contribution < 1.29 is 206 Å². The van der Waals surface area contributed by atoms with E-state index in [2.05, 4.69) is 66.7 Å². The summed E-state index contributed by atoms with van der Waals surface area (Å²) < 4.78 is 132. The van der Waals surface area contributed by atoms with E-state index in [1.807, 2.05) is 0 Å². The van der Waals surface area contributed by atoms with Crippen LogP contribution in [0.2, 0.25) is 0 Å². The van der Waals surface area contributed by atoms with E-state index in [9.17, 15) is 103 Å². The van der Waals surface area contributed by atoms with Gasteiger partial charge >= 0.3 is 159 Å². The molecular formula is C60H41N17Na4O22S4+2. The van der Waals surface area contributed by atoms with E-state index in [-0.39, 0.29) is 232 Å². The number of hydrogen-bond acceptors (Lipinski definition) is 28. The zero-order valence-electron chi connectivity index (χ0n) is 55.0. The molecule has 0 radical (unpaired) electrons. The van der Waals surface area contributed by atoms with Gasteiger partial charge < -0.3 is 36.8 Å². The Kier molecular flexibility index (Phi) is 30.2. The van der Waals surface area contributed by atoms with Gasteiger partial charge in [-0.2, -0.15) is 45.2 Å². The summed E-state index contributed by atoms with van der Waals surface area (Å²) in [5.74, 6) is -1.70. The quantitative estimate of drug-likeness (QED) is 0.00872. The van der Waals surface area contributed by atoms with E-state index in [0.29, 0.717) is 0 Å². The number of nitro benzene ring substituents is 2. The molecule has 4 aromatic rings. The standard InChI is InChI=1S/C60H42N17O22S4.4Na/c78-55-31-47(49(70-66-37-9-1-33(2-10-37)61-41-17-23-53(76(84)85)59(25-41)102(94,95)96)29-51(55)72-68-39-13-5-35(6-14-39)63-45-21-19-43(74(80)81)27-57(45)100(88,89)90)65-48-32-56(79)52(73-69-40-15-7-36(8-16-40)64-46-22-20-44(75(82)83)28-58(46)101(91,92)93)30-50(48)71-67-38-11-3-34(4-12-38)62-42-18-24-54(77(86)87)60(26-42)103(97,98)99;;;;/h1-32,80-82H,(H7-2,61,62,63,64,65,70,71,72,73,78,79,88,89,90,91,92,93,94,95,96,97,98,99);;;;/q-1;4*+1/p-1. The minimum absolute atomic E-state index is 0. The summed E-state index contributed by atoms with van der Waals surface area (Å²) in [5.41, 5.74) is 4.46. The smallest absolute Gasteiger partial charge is 0.733 e. The first-order chi connectivity index (χ1) is 48.6. The van der Waals surface area contributed by atoms with Gasteiger partial charge in [-0.1, -0.05) is 0 Å². The molecule has 4 aromatic carbocycles. The number of benzene rings is 4. The molecule has 0 saturated heterocycles. The first-order valence-corrected chi connectivity index (χ1v) is 33.9. The van der Waals surface area contributed by atoms with Crippen LogP contribution in [0.5, 0.6) is 0 Å². The summed E-state index contributed by atoms with van der Waals surface area (Å²) in [5, 5.41) is 91.3. The molecule has 0 spiro atoms. The zero-order chi connectivity index (χ0) is 74.3. The van der Waals surface area contributed by atoms with Crippen molar-refractivity contribution in [2.45, 2.75) is 19.6 Å². The van der Waals surface area contributed by atoms with E-state index in [0.717, 1.165) is 97.1 Å². The van der Waals surface area contributed by atoms with E-state index >= 15 is 0 Å². The van der Waals surface area contributed by atoms with Crippen molar-refractivity contribution in [3.05, 3.63) is 259 Å². The van der Waals surface area contributed by atoms with E-state index in [4.69, 9.17) is 0 Å². The van der Waals surface area contributed by atoms with Crippen molar-refractivity contribution in [3.8, 4) is 0 Å². The number of carbonyl (C=O) groups excluding carboxylic acids is 2. The van der Waals surface area contributed by atoms with Crippen molar-refractivity contribution in [3.63, 3.8) is 0 Å². The number of ketones is 2. The predicted molar refractivity (Wildman–Crippen MR) is 374 cm³/mol. The Morgan fingerprint density at radius 3 is 1.07 bits per heavy atom. The number of anilines is 2. The van der Waals surface area contributed by atoms with Gasteiger partial charge in [0, 0.05) is 35.7 Å². The molecule has 0 bridgehead atoms. The van der Waals surface area contributed by atoms with Crippen LogP contribution in [-0.2, 0) is 59.2 Å². The Balaban J connectivity index is 0.00000448. The van der Waals surface area contributed by atoms with Gasteiger partial charge in [0.15, 0.2) is 9.79 Å². The van der Waals surface area contributed by atoms with E-state index in [1.54, 1.807) is 0 Å². The Morgan fingerprint density at radius 2 is 0.748 bits per heavy atom. The van der Waals surface area contributed by atoms with Crippen LogP contribution in [0.4, 0.5) is 45.5 Å². The monoisotopic (exact) mass is 1570 g/mol. The maximum Gasteiger partial charge on any atom is 1.00 e. The first kappa shape index (κ1) is 87.3. The molecule has 6 aliphatic carbocycles. The van der Waals surface area contributed by atoms with Gasteiger partial charge in [0.1, 0.15) is 22.8 Å². The third-order valence-corrected chi connectivity index (χ3v) is 17.2. The number of carbonyl (C=O) groups is 2. The minimum atomic E-state index is -5.06.